The number of aromatic nitrogens is 3. The van der Waals surface area contributed by atoms with Crippen LogP contribution >= 0.6 is 23.5 Å². The van der Waals surface area contributed by atoms with Crippen molar-refractivity contribution < 1.29 is 4.79 Å². The second-order valence-corrected chi connectivity index (χ2v) is 9.34. The topological polar surface area (TPSA) is 63.1 Å². The minimum Gasteiger partial charge on any atom is -0.325 e. The van der Waals surface area contributed by atoms with Crippen LogP contribution in [-0.2, 0) is 17.9 Å². The Morgan fingerprint density at radius 2 is 1.74 bits per heavy atom. The molecule has 8 heteroatoms. The Kier molecular flexibility index (Phi) is 7.66. The second-order valence-electron chi connectivity index (χ2n) is 7.52. The molecule has 1 aliphatic rings. The number of anilines is 1. The zero-order chi connectivity index (χ0) is 21.5. The van der Waals surface area contributed by atoms with Gasteiger partial charge in [-0.25, -0.2) is 0 Å². The SMILES string of the molecule is CSc1ccc(NC(=O)CSc2nnc(CN3CCCC3)n2Cc2ccccc2)cc1. The molecule has 1 saturated heterocycles. The van der Waals surface area contributed by atoms with Gasteiger partial charge in [-0.3, -0.25) is 9.69 Å². The van der Waals surface area contributed by atoms with E-state index in [1.165, 1.54) is 35.1 Å². The lowest BCUT2D eigenvalue weighted by Gasteiger charge is -2.16. The Morgan fingerprint density at radius 3 is 2.45 bits per heavy atom. The van der Waals surface area contributed by atoms with Crippen LogP contribution in [-0.4, -0.2) is 50.7 Å². The van der Waals surface area contributed by atoms with E-state index in [2.05, 4.69) is 37.1 Å². The molecule has 1 aliphatic heterocycles. The van der Waals surface area contributed by atoms with Crippen LogP contribution in [0.1, 0.15) is 24.2 Å². The molecule has 2 aromatic carbocycles. The van der Waals surface area contributed by atoms with E-state index < -0.39 is 0 Å². The number of thioether (sulfide) groups is 2. The van der Waals surface area contributed by atoms with Gasteiger partial charge in [0.15, 0.2) is 5.16 Å². The summed E-state index contributed by atoms with van der Waals surface area (Å²) in [5, 5.41) is 12.6. The van der Waals surface area contributed by atoms with Crippen molar-refractivity contribution in [2.24, 2.45) is 0 Å². The molecule has 0 unspecified atom stereocenters. The Hall–Kier alpha value is -2.29. The molecule has 162 valence electrons. The number of likely N-dealkylation sites (tertiary alicyclic amines) is 1. The van der Waals surface area contributed by atoms with Crippen LogP contribution in [0.4, 0.5) is 5.69 Å². The molecular formula is C23H27N5OS2. The first-order valence-electron chi connectivity index (χ1n) is 10.5. The average molecular weight is 454 g/mol. The van der Waals surface area contributed by atoms with Crippen LogP contribution in [0.25, 0.3) is 0 Å². The molecular weight excluding hydrogens is 426 g/mol. The number of benzene rings is 2. The van der Waals surface area contributed by atoms with Gasteiger partial charge in [0.25, 0.3) is 0 Å². The summed E-state index contributed by atoms with van der Waals surface area (Å²) in [6, 6.07) is 18.2. The molecule has 1 amide bonds. The molecule has 31 heavy (non-hydrogen) atoms. The van der Waals surface area contributed by atoms with Crippen LogP contribution < -0.4 is 5.32 Å². The molecule has 0 saturated carbocycles. The summed E-state index contributed by atoms with van der Waals surface area (Å²) in [5.74, 6) is 1.21. The summed E-state index contributed by atoms with van der Waals surface area (Å²) >= 11 is 3.12. The van der Waals surface area contributed by atoms with Crippen LogP contribution in [0, 0.1) is 0 Å². The zero-order valence-corrected chi connectivity index (χ0v) is 19.3. The number of hydrogen-bond donors (Lipinski definition) is 1. The maximum absolute atomic E-state index is 12.5. The van der Waals surface area contributed by atoms with Gasteiger partial charge in [0, 0.05) is 10.6 Å². The minimum atomic E-state index is -0.0442. The van der Waals surface area contributed by atoms with Crippen molar-refractivity contribution in [1.29, 1.82) is 0 Å². The third-order valence-corrected chi connectivity index (χ3v) is 6.96. The average Bonchev–Trinajstić information content (AvgIpc) is 3.44. The molecule has 6 nitrogen and oxygen atoms in total. The van der Waals surface area contributed by atoms with Crippen molar-refractivity contribution in [3.63, 3.8) is 0 Å². The fourth-order valence-electron chi connectivity index (χ4n) is 3.61. The largest absolute Gasteiger partial charge is 0.325 e. The van der Waals surface area contributed by atoms with Crippen molar-refractivity contribution >= 4 is 35.1 Å². The van der Waals surface area contributed by atoms with Gasteiger partial charge in [-0.05, 0) is 62.0 Å². The van der Waals surface area contributed by atoms with Crippen LogP contribution in [0.2, 0.25) is 0 Å². The van der Waals surface area contributed by atoms with E-state index in [4.69, 9.17) is 0 Å². The highest BCUT2D eigenvalue weighted by Crippen LogP contribution is 2.22. The zero-order valence-electron chi connectivity index (χ0n) is 17.7. The number of carbonyl (C=O) groups excluding carboxylic acids is 1. The number of rotatable bonds is 9. The van der Waals surface area contributed by atoms with Crippen molar-refractivity contribution in [2.45, 2.75) is 36.0 Å². The molecule has 0 atom stereocenters. The van der Waals surface area contributed by atoms with E-state index >= 15 is 0 Å². The van der Waals surface area contributed by atoms with E-state index in [1.54, 1.807) is 11.8 Å². The number of amides is 1. The highest BCUT2D eigenvalue weighted by atomic mass is 32.2. The lowest BCUT2D eigenvalue weighted by Crippen LogP contribution is -2.22. The minimum absolute atomic E-state index is 0.0442. The van der Waals surface area contributed by atoms with Crippen molar-refractivity contribution in [2.75, 3.05) is 30.4 Å². The van der Waals surface area contributed by atoms with Gasteiger partial charge in [0.1, 0.15) is 5.82 Å². The summed E-state index contributed by atoms with van der Waals surface area (Å²) in [6.07, 6.45) is 4.52. The summed E-state index contributed by atoms with van der Waals surface area (Å²) in [4.78, 5) is 16.1. The van der Waals surface area contributed by atoms with E-state index in [9.17, 15) is 4.79 Å². The number of carbonyl (C=O) groups is 1. The van der Waals surface area contributed by atoms with E-state index in [1.807, 2.05) is 48.7 Å². The van der Waals surface area contributed by atoms with Gasteiger partial charge in [0.05, 0.1) is 18.8 Å². The smallest absolute Gasteiger partial charge is 0.234 e. The maximum atomic E-state index is 12.5. The lowest BCUT2D eigenvalue weighted by molar-refractivity contribution is -0.113. The quantitative estimate of drug-likeness (QED) is 0.485. The Bertz CT molecular complexity index is 985. The summed E-state index contributed by atoms with van der Waals surface area (Å²) in [5.41, 5.74) is 2.01. The number of hydrogen-bond acceptors (Lipinski definition) is 6. The van der Waals surface area contributed by atoms with E-state index in [-0.39, 0.29) is 5.91 Å². The van der Waals surface area contributed by atoms with Gasteiger partial charge in [-0.15, -0.1) is 22.0 Å². The van der Waals surface area contributed by atoms with Gasteiger partial charge in [0.2, 0.25) is 5.91 Å². The third kappa shape index (κ3) is 6.12. The Balaban J connectivity index is 1.43. The number of nitrogens with zero attached hydrogens (tertiary/aromatic N) is 4. The Morgan fingerprint density at radius 1 is 1.00 bits per heavy atom. The molecule has 0 aliphatic carbocycles. The summed E-state index contributed by atoms with van der Waals surface area (Å²) in [7, 11) is 0. The molecule has 0 radical (unpaired) electrons. The maximum Gasteiger partial charge on any atom is 0.234 e. The number of nitrogens with one attached hydrogen (secondary N) is 1. The van der Waals surface area contributed by atoms with Crippen LogP contribution in [0.3, 0.4) is 0 Å². The molecule has 0 bridgehead atoms. The summed E-state index contributed by atoms with van der Waals surface area (Å²) in [6.45, 7) is 3.72. The molecule has 2 heterocycles. The van der Waals surface area contributed by atoms with Gasteiger partial charge in [-0.2, -0.15) is 0 Å². The summed E-state index contributed by atoms with van der Waals surface area (Å²) < 4.78 is 2.15. The highest BCUT2D eigenvalue weighted by molar-refractivity contribution is 7.99. The molecule has 3 aromatic rings. The van der Waals surface area contributed by atoms with Gasteiger partial charge < -0.3 is 9.88 Å². The molecule has 1 fully saturated rings. The normalized spacial score (nSPS) is 14.1. The first kappa shape index (κ1) is 21.9. The van der Waals surface area contributed by atoms with Crippen molar-refractivity contribution in [1.82, 2.24) is 19.7 Å². The fraction of sp³-hybridized carbons (Fsp3) is 0.348. The second kappa shape index (κ2) is 10.8. The Labute approximate surface area is 191 Å². The van der Waals surface area contributed by atoms with Gasteiger partial charge in [-0.1, -0.05) is 42.1 Å². The lowest BCUT2D eigenvalue weighted by atomic mass is 10.2. The first-order chi connectivity index (χ1) is 15.2. The monoisotopic (exact) mass is 453 g/mol. The molecule has 1 aromatic heterocycles. The first-order valence-corrected chi connectivity index (χ1v) is 12.7. The standard InChI is InChI=1S/C23H27N5OS2/c1-30-20-11-9-19(10-12-20)24-22(29)17-31-23-26-25-21(16-27-13-5-6-14-27)28(23)15-18-7-3-2-4-8-18/h2-4,7-12H,5-6,13-17H2,1H3,(H,24,29). The van der Waals surface area contributed by atoms with Gasteiger partial charge >= 0.3 is 0 Å². The molecule has 4 rings (SSSR count). The van der Waals surface area contributed by atoms with E-state index in [0.29, 0.717) is 12.3 Å². The highest BCUT2D eigenvalue weighted by Gasteiger charge is 2.19. The third-order valence-electron chi connectivity index (χ3n) is 5.25. The van der Waals surface area contributed by atoms with Crippen LogP contribution in [0.15, 0.2) is 64.6 Å². The van der Waals surface area contributed by atoms with Crippen LogP contribution in [0.5, 0.6) is 0 Å². The molecule has 0 spiro atoms. The van der Waals surface area contributed by atoms with Crippen molar-refractivity contribution in [3.8, 4) is 0 Å². The molecule has 1 N–H and O–H groups in total. The predicted octanol–water partition coefficient (Wildman–Crippen LogP) is 4.37. The van der Waals surface area contributed by atoms with E-state index in [0.717, 1.165) is 36.3 Å². The fourth-order valence-corrected chi connectivity index (χ4v) is 4.77. The van der Waals surface area contributed by atoms with Crippen molar-refractivity contribution in [3.05, 3.63) is 66.0 Å². The predicted molar refractivity (Wildman–Crippen MR) is 128 cm³/mol.